The van der Waals surface area contributed by atoms with Crippen LogP contribution in [0.1, 0.15) is 0 Å². The lowest BCUT2D eigenvalue weighted by Crippen LogP contribution is -2.27. The lowest BCUT2D eigenvalue weighted by molar-refractivity contribution is -0.118. The van der Waals surface area contributed by atoms with Crippen molar-refractivity contribution in [1.29, 1.82) is 0 Å². The van der Waals surface area contributed by atoms with E-state index in [1.807, 2.05) is 30.3 Å². The molecule has 0 atom stereocenters. The molecule has 0 saturated heterocycles. The zero-order valence-corrected chi connectivity index (χ0v) is 8.59. The van der Waals surface area contributed by atoms with Crippen molar-refractivity contribution in [2.45, 2.75) is 4.90 Å². The van der Waals surface area contributed by atoms with Gasteiger partial charge in [-0.25, -0.2) is 0 Å². The van der Waals surface area contributed by atoms with Crippen LogP contribution in [0, 0.1) is 0 Å². The Balaban J connectivity index is 2.24. The molecule has 0 spiro atoms. The van der Waals surface area contributed by atoms with Crippen molar-refractivity contribution in [3.05, 3.63) is 30.3 Å². The number of aliphatic hydroxyl groups excluding tert-OH is 1. The highest BCUT2D eigenvalue weighted by Crippen LogP contribution is 2.15. The smallest absolute Gasteiger partial charge is 0.230 e. The molecule has 14 heavy (non-hydrogen) atoms. The van der Waals surface area contributed by atoms with Crippen molar-refractivity contribution in [1.82, 2.24) is 5.32 Å². The molecule has 0 fully saturated rings. The van der Waals surface area contributed by atoms with Crippen molar-refractivity contribution in [2.24, 2.45) is 0 Å². The quantitative estimate of drug-likeness (QED) is 0.711. The van der Waals surface area contributed by atoms with E-state index in [4.69, 9.17) is 5.11 Å². The number of amides is 1. The van der Waals surface area contributed by atoms with Crippen LogP contribution in [0.3, 0.4) is 0 Å². The monoisotopic (exact) mass is 211 g/mol. The Morgan fingerprint density at radius 3 is 2.71 bits per heavy atom. The van der Waals surface area contributed by atoms with Crippen LogP contribution in [-0.2, 0) is 4.79 Å². The van der Waals surface area contributed by atoms with Gasteiger partial charge in [0.1, 0.15) is 0 Å². The topological polar surface area (TPSA) is 49.3 Å². The highest BCUT2D eigenvalue weighted by Gasteiger charge is 2.00. The number of nitrogens with one attached hydrogen (secondary N) is 1. The van der Waals surface area contributed by atoms with E-state index in [2.05, 4.69) is 5.32 Å². The molecule has 0 radical (unpaired) electrons. The second kappa shape index (κ2) is 6.45. The molecule has 0 aliphatic rings. The molecule has 0 aliphatic carbocycles. The van der Waals surface area contributed by atoms with Gasteiger partial charge in [0.2, 0.25) is 5.91 Å². The number of rotatable bonds is 5. The Morgan fingerprint density at radius 1 is 1.36 bits per heavy atom. The van der Waals surface area contributed by atoms with E-state index in [0.717, 1.165) is 4.90 Å². The maximum absolute atomic E-state index is 11.1. The Labute approximate surface area is 87.5 Å². The fourth-order valence-corrected chi connectivity index (χ4v) is 1.66. The molecular formula is C10H13NO2S. The molecule has 76 valence electrons. The molecule has 0 heterocycles. The highest BCUT2D eigenvalue weighted by atomic mass is 32.2. The van der Waals surface area contributed by atoms with Gasteiger partial charge in [0.15, 0.2) is 0 Å². The minimum absolute atomic E-state index is 0.0122. The molecule has 0 saturated carbocycles. The van der Waals surface area contributed by atoms with E-state index in [-0.39, 0.29) is 12.5 Å². The summed E-state index contributed by atoms with van der Waals surface area (Å²) >= 11 is 1.49. The molecule has 1 amide bonds. The first-order chi connectivity index (χ1) is 6.83. The first kappa shape index (κ1) is 11.1. The van der Waals surface area contributed by atoms with Crippen molar-refractivity contribution >= 4 is 17.7 Å². The Morgan fingerprint density at radius 2 is 2.07 bits per heavy atom. The zero-order valence-electron chi connectivity index (χ0n) is 7.77. The Kier molecular flexibility index (Phi) is 5.11. The van der Waals surface area contributed by atoms with Crippen LogP contribution in [0.5, 0.6) is 0 Å². The minimum atomic E-state index is -0.0482. The average Bonchev–Trinajstić information content (AvgIpc) is 2.25. The molecule has 2 N–H and O–H groups in total. The fourth-order valence-electron chi connectivity index (χ4n) is 0.912. The number of carbonyl (C=O) groups excluding carboxylic acids is 1. The predicted octanol–water partition coefficient (Wildman–Crippen LogP) is 0.887. The molecule has 1 aromatic rings. The molecule has 1 aromatic carbocycles. The number of carbonyl (C=O) groups is 1. The fraction of sp³-hybridized carbons (Fsp3) is 0.300. The highest BCUT2D eigenvalue weighted by molar-refractivity contribution is 8.00. The van der Waals surface area contributed by atoms with E-state index in [1.165, 1.54) is 11.8 Å². The first-order valence-electron chi connectivity index (χ1n) is 4.38. The largest absolute Gasteiger partial charge is 0.395 e. The third-order valence-electron chi connectivity index (χ3n) is 1.55. The van der Waals surface area contributed by atoms with Crippen LogP contribution < -0.4 is 5.32 Å². The van der Waals surface area contributed by atoms with E-state index in [1.54, 1.807) is 0 Å². The lowest BCUT2D eigenvalue weighted by Gasteiger charge is -2.02. The predicted molar refractivity (Wildman–Crippen MR) is 57.3 cm³/mol. The van der Waals surface area contributed by atoms with Gasteiger partial charge in [0.05, 0.1) is 12.4 Å². The van der Waals surface area contributed by atoms with Crippen LogP contribution in [0.25, 0.3) is 0 Å². The standard InChI is InChI=1S/C10H13NO2S/c12-7-6-11-10(13)8-14-9-4-2-1-3-5-9/h1-5,12H,6-8H2,(H,11,13). The second-order valence-corrected chi connectivity index (χ2v) is 3.72. The van der Waals surface area contributed by atoms with Crippen LogP contribution >= 0.6 is 11.8 Å². The van der Waals surface area contributed by atoms with Gasteiger partial charge in [-0.1, -0.05) is 18.2 Å². The molecule has 3 nitrogen and oxygen atoms in total. The Bertz CT molecular complexity index is 277. The van der Waals surface area contributed by atoms with E-state index in [0.29, 0.717) is 12.3 Å². The van der Waals surface area contributed by atoms with Gasteiger partial charge in [-0.15, -0.1) is 11.8 Å². The summed E-state index contributed by atoms with van der Waals surface area (Å²) in [4.78, 5) is 12.2. The SMILES string of the molecule is O=C(CSc1ccccc1)NCCO. The van der Waals surface area contributed by atoms with Gasteiger partial charge in [-0.05, 0) is 12.1 Å². The average molecular weight is 211 g/mol. The summed E-state index contributed by atoms with van der Waals surface area (Å²) in [7, 11) is 0. The molecule has 0 bridgehead atoms. The molecule has 0 aromatic heterocycles. The molecule has 0 unspecified atom stereocenters. The van der Waals surface area contributed by atoms with Gasteiger partial charge < -0.3 is 10.4 Å². The normalized spacial score (nSPS) is 9.79. The van der Waals surface area contributed by atoms with Crippen molar-refractivity contribution in [2.75, 3.05) is 18.9 Å². The van der Waals surface area contributed by atoms with Crippen LogP contribution in [0.15, 0.2) is 35.2 Å². The van der Waals surface area contributed by atoms with Crippen LogP contribution in [0.2, 0.25) is 0 Å². The summed E-state index contributed by atoms with van der Waals surface area (Å²) in [5.74, 6) is 0.345. The number of hydrogen-bond donors (Lipinski definition) is 2. The number of benzene rings is 1. The summed E-state index contributed by atoms with van der Waals surface area (Å²) in [5.41, 5.74) is 0. The number of hydrogen-bond acceptors (Lipinski definition) is 3. The van der Waals surface area contributed by atoms with Crippen LogP contribution in [-0.4, -0.2) is 29.9 Å². The van der Waals surface area contributed by atoms with Crippen molar-refractivity contribution in [3.8, 4) is 0 Å². The third kappa shape index (κ3) is 4.30. The Hall–Kier alpha value is -1.00. The maximum Gasteiger partial charge on any atom is 0.230 e. The van der Waals surface area contributed by atoms with Gasteiger partial charge in [-0.2, -0.15) is 0 Å². The molecule has 0 aliphatic heterocycles. The zero-order chi connectivity index (χ0) is 10.2. The first-order valence-corrected chi connectivity index (χ1v) is 5.37. The number of thioether (sulfide) groups is 1. The molecule has 1 rings (SSSR count). The van der Waals surface area contributed by atoms with Gasteiger partial charge in [0, 0.05) is 11.4 Å². The summed E-state index contributed by atoms with van der Waals surface area (Å²) in [6, 6.07) is 9.74. The van der Waals surface area contributed by atoms with Gasteiger partial charge in [-0.3, -0.25) is 4.79 Å². The maximum atomic E-state index is 11.1. The van der Waals surface area contributed by atoms with E-state index in [9.17, 15) is 4.79 Å². The minimum Gasteiger partial charge on any atom is -0.395 e. The molecular weight excluding hydrogens is 198 g/mol. The summed E-state index contributed by atoms with van der Waals surface area (Å²) < 4.78 is 0. The summed E-state index contributed by atoms with van der Waals surface area (Å²) in [6.07, 6.45) is 0. The van der Waals surface area contributed by atoms with E-state index < -0.39 is 0 Å². The molecule has 4 heteroatoms. The summed E-state index contributed by atoms with van der Waals surface area (Å²) in [5, 5.41) is 11.1. The van der Waals surface area contributed by atoms with Crippen molar-refractivity contribution in [3.63, 3.8) is 0 Å². The third-order valence-corrected chi connectivity index (χ3v) is 2.56. The second-order valence-electron chi connectivity index (χ2n) is 2.68. The number of aliphatic hydroxyl groups is 1. The van der Waals surface area contributed by atoms with E-state index >= 15 is 0 Å². The lowest BCUT2D eigenvalue weighted by atomic mass is 10.4. The van der Waals surface area contributed by atoms with Crippen molar-refractivity contribution < 1.29 is 9.90 Å². The van der Waals surface area contributed by atoms with Gasteiger partial charge in [0.25, 0.3) is 0 Å². The van der Waals surface area contributed by atoms with Gasteiger partial charge >= 0.3 is 0 Å². The summed E-state index contributed by atoms with van der Waals surface area (Å²) in [6.45, 7) is 0.315. The van der Waals surface area contributed by atoms with Crippen LogP contribution in [0.4, 0.5) is 0 Å².